The van der Waals surface area contributed by atoms with Crippen molar-refractivity contribution in [2.24, 2.45) is 0 Å². The molecule has 2 heteroatoms. The fourth-order valence-electron chi connectivity index (χ4n) is 3.12. The highest BCUT2D eigenvalue weighted by Gasteiger charge is 2.29. The number of hydrogen-bond acceptors (Lipinski definition) is 2. The van der Waals surface area contributed by atoms with Gasteiger partial charge < -0.3 is 0 Å². The molecule has 1 aliphatic carbocycles. The van der Waals surface area contributed by atoms with E-state index >= 15 is 0 Å². The lowest BCUT2D eigenvalue weighted by atomic mass is 9.81. The van der Waals surface area contributed by atoms with Gasteiger partial charge in [-0.15, -0.1) is 0 Å². The van der Waals surface area contributed by atoms with Crippen molar-refractivity contribution >= 4 is 5.78 Å². The highest BCUT2D eigenvalue weighted by Crippen LogP contribution is 2.33. The van der Waals surface area contributed by atoms with E-state index in [2.05, 4.69) is 24.0 Å². The summed E-state index contributed by atoms with van der Waals surface area (Å²) in [6, 6.07) is 12.0. The molecule has 1 aromatic heterocycles. The summed E-state index contributed by atoms with van der Waals surface area (Å²) in [6.07, 6.45) is 5.73. The molecule has 0 amide bonds. The zero-order valence-corrected chi connectivity index (χ0v) is 11.8. The third kappa shape index (κ3) is 2.26. The normalized spacial score (nSPS) is 17.6. The molecule has 1 heterocycles. The molecule has 2 nitrogen and oxygen atoms in total. The predicted molar refractivity (Wildman–Crippen MR) is 80.1 cm³/mol. The summed E-state index contributed by atoms with van der Waals surface area (Å²) in [5.74, 6) is 0.176. The molecule has 102 valence electrons. The molecule has 1 atom stereocenters. The quantitative estimate of drug-likeness (QED) is 0.787. The average molecular weight is 265 g/mol. The number of benzene rings is 1. The van der Waals surface area contributed by atoms with Crippen molar-refractivity contribution in [3.05, 3.63) is 65.0 Å². The van der Waals surface area contributed by atoms with Crippen molar-refractivity contribution in [2.45, 2.75) is 38.5 Å². The molecule has 0 aliphatic heterocycles. The standard InChI is InChI=1S/C18H19NO/c1-2-13-7-3-4-10-15(13)18(20)16-11-5-8-14-9-6-12-19-17(14)16/h3-4,6-7,9-10,12,16H,2,5,8,11H2,1H3. The Hall–Kier alpha value is -1.96. The lowest BCUT2D eigenvalue weighted by molar-refractivity contribution is 0.0948. The Kier molecular flexibility index (Phi) is 3.64. The summed E-state index contributed by atoms with van der Waals surface area (Å²) in [5.41, 5.74) is 4.25. The molecule has 0 N–H and O–H groups in total. The lowest BCUT2D eigenvalue weighted by Crippen LogP contribution is -2.21. The van der Waals surface area contributed by atoms with E-state index in [0.717, 1.165) is 42.5 Å². The number of nitrogens with zero attached hydrogens (tertiary/aromatic N) is 1. The number of carbonyl (C=O) groups excluding carboxylic acids is 1. The second-order valence-electron chi connectivity index (χ2n) is 5.37. The first-order valence-electron chi connectivity index (χ1n) is 7.37. The minimum atomic E-state index is -0.0624. The monoisotopic (exact) mass is 265 g/mol. The largest absolute Gasteiger partial charge is 0.293 e. The van der Waals surface area contributed by atoms with Gasteiger partial charge in [-0.3, -0.25) is 9.78 Å². The first-order chi connectivity index (χ1) is 9.81. The number of pyridine rings is 1. The fraction of sp³-hybridized carbons (Fsp3) is 0.333. The molecule has 1 aromatic carbocycles. The topological polar surface area (TPSA) is 30.0 Å². The Morgan fingerprint density at radius 3 is 2.95 bits per heavy atom. The Morgan fingerprint density at radius 1 is 1.25 bits per heavy atom. The van der Waals surface area contributed by atoms with Crippen LogP contribution in [0.15, 0.2) is 42.6 Å². The van der Waals surface area contributed by atoms with Crippen molar-refractivity contribution in [3.8, 4) is 0 Å². The van der Waals surface area contributed by atoms with Crippen LogP contribution in [0, 0.1) is 0 Å². The van der Waals surface area contributed by atoms with Crippen molar-refractivity contribution in [2.75, 3.05) is 0 Å². The maximum atomic E-state index is 12.9. The fourth-order valence-corrected chi connectivity index (χ4v) is 3.12. The second kappa shape index (κ2) is 5.58. The van der Waals surface area contributed by atoms with Crippen LogP contribution in [-0.2, 0) is 12.8 Å². The van der Waals surface area contributed by atoms with Crippen LogP contribution < -0.4 is 0 Å². The molecule has 1 unspecified atom stereocenters. The number of rotatable bonds is 3. The maximum absolute atomic E-state index is 12.9. The molecule has 0 radical (unpaired) electrons. The smallest absolute Gasteiger partial charge is 0.172 e. The van der Waals surface area contributed by atoms with E-state index in [0.29, 0.717) is 0 Å². The maximum Gasteiger partial charge on any atom is 0.172 e. The van der Waals surface area contributed by atoms with Gasteiger partial charge in [0.1, 0.15) is 0 Å². The minimum Gasteiger partial charge on any atom is -0.293 e. The van der Waals surface area contributed by atoms with Crippen molar-refractivity contribution in [1.29, 1.82) is 0 Å². The van der Waals surface area contributed by atoms with Gasteiger partial charge in [-0.25, -0.2) is 0 Å². The number of carbonyl (C=O) groups is 1. The molecular formula is C18H19NO. The van der Waals surface area contributed by atoms with Gasteiger partial charge in [0.05, 0.1) is 11.6 Å². The van der Waals surface area contributed by atoms with Gasteiger partial charge in [-0.1, -0.05) is 37.3 Å². The van der Waals surface area contributed by atoms with E-state index < -0.39 is 0 Å². The number of aryl methyl sites for hydroxylation is 2. The molecule has 0 saturated carbocycles. The van der Waals surface area contributed by atoms with Gasteiger partial charge in [-0.05, 0) is 42.9 Å². The number of aromatic nitrogens is 1. The highest BCUT2D eigenvalue weighted by atomic mass is 16.1. The van der Waals surface area contributed by atoms with Gasteiger partial charge >= 0.3 is 0 Å². The second-order valence-corrected chi connectivity index (χ2v) is 5.37. The van der Waals surface area contributed by atoms with Gasteiger partial charge in [0.25, 0.3) is 0 Å². The van der Waals surface area contributed by atoms with E-state index in [1.54, 1.807) is 6.20 Å². The Bertz CT molecular complexity index is 633. The zero-order valence-electron chi connectivity index (χ0n) is 11.8. The molecule has 2 aromatic rings. The number of ketones is 1. The van der Waals surface area contributed by atoms with E-state index in [9.17, 15) is 4.79 Å². The van der Waals surface area contributed by atoms with Gasteiger partial charge in [-0.2, -0.15) is 0 Å². The summed E-state index contributed by atoms with van der Waals surface area (Å²) in [4.78, 5) is 17.4. The first kappa shape index (κ1) is 13.0. The third-order valence-electron chi connectivity index (χ3n) is 4.18. The average Bonchev–Trinajstić information content (AvgIpc) is 2.53. The van der Waals surface area contributed by atoms with Crippen molar-refractivity contribution in [3.63, 3.8) is 0 Å². The van der Waals surface area contributed by atoms with Crippen LogP contribution in [0.5, 0.6) is 0 Å². The summed E-state index contributed by atoms with van der Waals surface area (Å²) < 4.78 is 0. The number of Topliss-reactive ketones (excluding diaryl/α,β-unsaturated/α-hetero) is 1. The molecule has 0 spiro atoms. The summed E-state index contributed by atoms with van der Waals surface area (Å²) >= 11 is 0. The van der Waals surface area contributed by atoms with E-state index in [1.165, 1.54) is 5.56 Å². The molecule has 3 rings (SSSR count). The van der Waals surface area contributed by atoms with Crippen molar-refractivity contribution in [1.82, 2.24) is 4.98 Å². The SMILES string of the molecule is CCc1ccccc1C(=O)C1CCCc2cccnc21. The molecule has 1 aliphatic rings. The lowest BCUT2D eigenvalue weighted by Gasteiger charge is -2.23. The van der Waals surface area contributed by atoms with Crippen LogP contribution in [0.2, 0.25) is 0 Å². The summed E-state index contributed by atoms with van der Waals surface area (Å²) in [7, 11) is 0. The molecule has 0 fully saturated rings. The molecule has 0 saturated heterocycles. The zero-order chi connectivity index (χ0) is 13.9. The van der Waals surface area contributed by atoms with Gasteiger partial charge in [0, 0.05) is 11.8 Å². The molecule has 20 heavy (non-hydrogen) atoms. The van der Waals surface area contributed by atoms with Crippen LogP contribution >= 0.6 is 0 Å². The molecule has 0 bridgehead atoms. The Morgan fingerprint density at radius 2 is 2.10 bits per heavy atom. The van der Waals surface area contributed by atoms with Crippen molar-refractivity contribution < 1.29 is 4.79 Å². The summed E-state index contributed by atoms with van der Waals surface area (Å²) in [5, 5.41) is 0. The van der Waals surface area contributed by atoms with Crippen LogP contribution in [0.4, 0.5) is 0 Å². The Labute approximate surface area is 119 Å². The van der Waals surface area contributed by atoms with Crippen LogP contribution in [0.25, 0.3) is 0 Å². The number of hydrogen-bond donors (Lipinski definition) is 0. The van der Waals surface area contributed by atoms with Crippen LogP contribution in [0.1, 0.15) is 52.9 Å². The van der Waals surface area contributed by atoms with E-state index in [4.69, 9.17) is 0 Å². The van der Waals surface area contributed by atoms with Crippen LogP contribution in [0.3, 0.4) is 0 Å². The Balaban J connectivity index is 2.00. The first-order valence-corrected chi connectivity index (χ1v) is 7.37. The van der Waals surface area contributed by atoms with Gasteiger partial charge in [0.15, 0.2) is 5.78 Å². The molecular weight excluding hydrogens is 246 g/mol. The predicted octanol–water partition coefficient (Wildman–Crippen LogP) is 3.95. The highest BCUT2D eigenvalue weighted by molar-refractivity contribution is 6.02. The third-order valence-corrected chi connectivity index (χ3v) is 4.18. The number of fused-ring (bicyclic) bond motifs is 1. The summed E-state index contributed by atoms with van der Waals surface area (Å²) in [6.45, 7) is 2.10. The van der Waals surface area contributed by atoms with Gasteiger partial charge in [0.2, 0.25) is 0 Å². The van der Waals surface area contributed by atoms with Crippen LogP contribution in [-0.4, -0.2) is 10.8 Å². The van der Waals surface area contributed by atoms with E-state index in [-0.39, 0.29) is 11.7 Å². The minimum absolute atomic E-state index is 0.0624. The van der Waals surface area contributed by atoms with E-state index in [1.807, 2.05) is 24.3 Å².